The molecule has 0 aromatic heterocycles. The average Bonchev–Trinajstić information content (AvgIpc) is 2.25. The topological polar surface area (TPSA) is 12.0 Å². The number of nitrogens with one attached hydrogen (secondary N) is 1. The molecule has 0 aliphatic carbocycles. The van der Waals surface area contributed by atoms with Crippen LogP contribution >= 0.6 is 11.9 Å². The highest BCUT2D eigenvalue weighted by Crippen LogP contribution is 2.15. The van der Waals surface area contributed by atoms with Crippen molar-refractivity contribution >= 4 is 11.9 Å². The monoisotopic (exact) mass is 209 g/mol. The lowest BCUT2D eigenvalue weighted by atomic mass is 10.2. The minimum Gasteiger partial charge on any atom is -0.260 e. The molecule has 0 aliphatic rings. The minimum absolute atomic E-state index is 1.09. The zero-order chi connectivity index (χ0) is 10.2. The first-order valence-electron chi connectivity index (χ1n) is 5.35. The van der Waals surface area contributed by atoms with Gasteiger partial charge < -0.3 is 0 Å². The fraction of sp³-hybridized carbons (Fsp3) is 0.500. The van der Waals surface area contributed by atoms with Gasteiger partial charge in [0.2, 0.25) is 0 Å². The second-order valence-corrected chi connectivity index (χ2v) is 4.31. The van der Waals surface area contributed by atoms with Crippen LogP contribution < -0.4 is 4.72 Å². The average molecular weight is 209 g/mol. The first-order valence-corrected chi connectivity index (χ1v) is 6.17. The van der Waals surface area contributed by atoms with Crippen molar-refractivity contribution in [2.75, 3.05) is 6.54 Å². The first-order chi connectivity index (χ1) is 6.86. The van der Waals surface area contributed by atoms with Crippen LogP contribution in [0.5, 0.6) is 0 Å². The van der Waals surface area contributed by atoms with Gasteiger partial charge in [-0.3, -0.25) is 4.72 Å². The van der Waals surface area contributed by atoms with Gasteiger partial charge in [0.05, 0.1) is 0 Å². The molecule has 0 saturated carbocycles. The molecule has 1 nitrogen and oxygen atoms in total. The van der Waals surface area contributed by atoms with Gasteiger partial charge in [-0.15, -0.1) is 0 Å². The van der Waals surface area contributed by atoms with E-state index in [-0.39, 0.29) is 0 Å². The van der Waals surface area contributed by atoms with E-state index in [0.717, 1.165) is 13.0 Å². The number of aryl methyl sites for hydroxylation is 1. The fourth-order valence-electron chi connectivity index (χ4n) is 1.18. The molecule has 0 bridgehead atoms. The summed E-state index contributed by atoms with van der Waals surface area (Å²) in [5, 5.41) is 0. The van der Waals surface area contributed by atoms with Gasteiger partial charge in [0, 0.05) is 11.4 Å². The first kappa shape index (κ1) is 11.6. The molecule has 0 heterocycles. The summed E-state index contributed by atoms with van der Waals surface area (Å²) in [6.07, 6.45) is 3.62. The van der Waals surface area contributed by atoms with Crippen molar-refractivity contribution in [2.24, 2.45) is 0 Å². The Morgan fingerprint density at radius 1 is 1.14 bits per heavy atom. The largest absolute Gasteiger partial charge is 0.260 e. The molecule has 0 spiro atoms. The standard InChI is InChI=1S/C12H19NS/c1-3-5-10-13-14-12-8-6-11(4-2)7-9-12/h6-9,13H,3-5,10H2,1-2H3. The molecular weight excluding hydrogens is 190 g/mol. The third kappa shape index (κ3) is 4.16. The van der Waals surface area contributed by atoms with Gasteiger partial charge in [-0.25, -0.2) is 0 Å². The summed E-state index contributed by atoms with van der Waals surface area (Å²) in [4.78, 5) is 1.30. The van der Waals surface area contributed by atoms with E-state index in [1.54, 1.807) is 11.9 Å². The number of hydrogen-bond acceptors (Lipinski definition) is 2. The summed E-state index contributed by atoms with van der Waals surface area (Å²) in [5.74, 6) is 0. The summed E-state index contributed by atoms with van der Waals surface area (Å²) in [6, 6.07) is 8.76. The Kier molecular flexibility index (Phi) is 5.72. The maximum Gasteiger partial charge on any atom is 0.0228 e. The Bertz CT molecular complexity index is 243. The van der Waals surface area contributed by atoms with Crippen LogP contribution in [0.2, 0.25) is 0 Å². The van der Waals surface area contributed by atoms with Crippen molar-refractivity contribution < 1.29 is 0 Å². The van der Waals surface area contributed by atoms with Gasteiger partial charge in [-0.05, 0) is 42.5 Å². The van der Waals surface area contributed by atoms with Crippen LogP contribution in [0.25, 0.3) is 0 Å². The van der Waals surface area contributed by atoms with Crippen LogP contribution in [-0.2, 0) is 6.42 Å². The number of rotatable bonds is 6. The summed E-state index contributed by atoms with van der Waals surface area (Å²) in [6.45, 7) is 5.49. The molecule has 0 saturated heterocycles. The lowest BCUT2D eigenvalue weighted by molar-refractivity contribution is 0.776. The third-order valence-corrected chi connectivity index (χ3v) is 3.01. The molecule has 0 fully saturated rings. The van der Waals surface area contributed by atoms with E-state index in [9.17, 15) is 0 Å². The SMILES string of the molecule is CCCCNSc1ccc(CC)cc1. The number of hydrogen-bond donors (Lipinski definition) is 1. The summed E-state index contributed by atoms with van der Waals surface area (Å²) in [7, 11) is 0. The molecule has 0 radical (unpaired) electrons. The smallest absolute Gasteiger partial charge is 0.0228 e. The molecule has 0 amide bonds. The number of unbranched alkanes of at least 4 members (excludes halogenated alkanes) is 1. The minimum atomic E-state index is 1.09. The fourth-order valence-corrected chi connectivity index (χ4v) is 1.86. The second kappa shape index (κ2) is 6.91. The van der Waals surface area contributed by atoms with E-state index in [4.69, 9.17) is 0 Å². The van der Waals surface area contributed by atoms with Crippen molar-refractivity contribution in [3.8, 4) is 0 Å². The van der Waals surface area contributed by atoms with Gasteiger partial charge in [0.1, 0.15) is 0 Å². The Morgan fingerprint density at radius 3 is 2.43 bits per heavy atom. The van der Waals surface area contributed by atoms with Gasteiger partial charge in [0.25, 0.3) is 0 Å². The van der Waals surface area contributed by atoms with Crippen molar-refractivity contribution in [1.29, 1.82) is 0 Å². The quantitative estimate of drug-likeness (QED) is 0.567. The molecule has 0 aliphatic heterocycles. The van der Waals surface area contributed by atoms with E-state index in [0.29, 0.717) is 0 Å². The maximum absolute atomic E-state index is 3.36. The molecule has 1 aromatic rings. The van der Waals surface area contributed by atoms with Gasteiger partial charge in [0.15, 0.2) is 0 Å². The molecule has 0 atom stereocenters. The highest BCUT2D eigenvalue weighted by molar-refractivity contribution is 7.97. The van der Waals surface area contributed by atoms with Crippen molar-refractivity contribution in [2.45, 2.75) is 38.0 Å². The van der Waals surface area contributed by atoms with Crippen LogP contribution in [0.15, 0.2) is 29.2 Å². The van der Waals surface area contributed by atoms with E-state index < -0.39 is 0 Å². The second-order valence-electron chi connectivity index (χ2n) is 3.35. The van der Waals surface area contributed by atoms with Gasteiger partial charge >= 0.3 is 0 Å². The summed E-state index contributed by atoms with van der Waals surface area (Å²) >= 11 is 1.73. The zero-order valence-corrected chi connectivity index (χ0v) is 9.86. The van der Waals surface area contributed by atoms with E-state index in [2.05, 4.69) is 42.8 Å². The van der Waals surface area contributed by atoms with E-state index in [1.165, 1.54) is 23.3 Å². The molecule has 1 N–H and O–H groups in total. The third-order valence-electron chi connectivity index (χ3n) is 2.15. The Hall–Kier alpha value is -0.470. The normalized spacial score (nSPS) is 10.4. The van der Waals surface area contributed by atoms with E-state index in [1.807, 2.05) is 0 Å². The van der Waals surface area contributed by atoms with Crippen molar-refractivity contribution in [3.05, 3.63) is 29.8 Å². The van der Waals surface area contributed by atoms with Crippen LogP contribution in [0.1, 0.15) is 32.3 Å². The molecule has 1 rings (SSSR count). The number of benzene rings is 1. The van der Waals surface area contributed by atoms with Crippen LogP contribution in [0.4, 0.5) is 0 Å². The van der Waals surface area contributed by atoms with Crippen molar-refractivity contribution in [1.82, 2.24) is 4.72 Å². The summed E-state index contributed by atoms with van der Waals surface area (Å²) in [5.41, 5.74) is 1.41. The molecule has 78 valence electrons. The highest BCUT2D eigenvalue weighted by Gasteiger charge is 1.93. The zero-order valence-electron chi connectivity index (χ0n) is 9.05. The van der Waals surface area contributed by atoms with Crippen LogP contribution in [0, 0.1) is 0 Å². The van der Waals surface area contributed by atoms with Crippen molar-refractivity contribution in [3.63, 3.8) is 0 Å². The Balaban J connectivity index is 2.29. The van der Waals surface area contributed by atoms with Crippen LogP contribution in [-0.4, -0.2) is 6.54 Å². The maximum atomic E-state index is 3.36. The molecular formula is C12H19NS. The Morgan fingerprint density at radius 2 is 1.86 bits per heavy atom. The molecule has 2 heteroatoms. The lowest BCUT2D eigenvalue weighted by Crippen LogP contribution is -2.04. The molecule has 14 heavy (non-hydrogen) atoms. The molecule has 1 aromatic carbocycles. The van der Waals surface area contributed by atoms with Crippen LogP contribution in [0.3, 0.4) is 0 Å². The predicted octanol–water partition coefficient (Wildman–Crippen LogP) is 3.65. The highest BCUT2D eigenvalue weighted by atomic mass is 32.2. The molecule has 0 unspecified atom stereocenters. The van der Waals surface area contributed by atoms with Gasteiger partial charge in [-0.2, -0.15) is 0 Å². The Labute approximate surface area is 91.4 Å². The predicted molar refractivity (Wildman–Crippen MR) is 64.6 cm³/mol. The van der Waals surface area contributed by atoms with E-state index >= 15 is 0 Å². The van der Waals surface area contributed by atoms with Gasteiger partial charge in [-0.1, -0.05) is 32.4 Å². The lowest BCUT2D eigenvalue weighted by Gasteiger charge is -2.03. The summed E-state index contributed by atoms with van der Waals surface area (Å²) < 4.78 is 3.36.